The van der Waals surface area contributed by atoms with Crippen LogP contribution in [-0.2, 0) is 4.79 Å². The number of amides is 2. The molecule has 1 aliphatic rings. The fourth-order valence-electron chi connectivity index (χ4n) is 2.34. The van der Waals surface area contributed by atoms with Crippen LogP contribution in [0.2, 0.25) is 0 Å². The summed E-state index contributed by atoms with van der Waals surface area (Å²) in [7, 11) is 3.25. The second-order valence-electron chi connectivity index (χ2n) is 4.77. The summed E-state index contributed by atoms with van der Waals surface area (Å²) in [5, 5.41) is 2.85. The van der Waals surface area contributed by atoms with Crippen molar-refractivity contribution in [2.24, 2.45) is 0 Å². The van der Waals surface area contributed by atoms with Crippen LogP contribution in [0.3, 0.4) is 0 Å². The van der Waals surface area contributed by atoms with Crippen molar-refractivity contribution in [1.29, 1.82) is 0 Å². The highest BCUT2D eigenvalue weighted by molar-refractivity contribution is 5.98. The Morgan fingerprint density at radius 1 is 1.30 bits per heavy atom. The molecule has 0 spiro atoms. The lowest BCUT2D eigenvalue weighted by Crippen LogP contribution is -2.45. The number of Topliss-reactive ketones (excluding diaryl/α,β-unsaturated/α-hetero) is 1. The number of ether oxygens (including phenoxy) is 1. The van der Waals surface area contributed by atoms with E-state index in [0.29, 0.717) is 11.3 Å². The van der Waals surface area contributed by atoms with Crippen LogP contribution >= 0.6 is 0 Å². The molecular formula is C15H18N2O3. The first kappa shape index (κ1) is 14.1. The van der Waals surface area contributed by atoms with Crippen molar-refractivity contribution >= 4 is 11.8 Å². The highest BCUT2D eigenvalue weighted by Gasteiger charge is 2.32. The molecule has 1 aromatic carbocycles. The van der Waals surface area contributed by atoms with Gasteiger partial charge in [0.25, 0.3) is 0 Å². The summed E-state index contributed by atoms with van der Waals surface area (Å²) in [5.41, 5.74) is 2.15. The molecule has 5 nitrogen and oxygen atoms in total. The molecule has 1 atom stereocenters. The summed E-state index contributed by atoms with van der Waals surface area (Å²) in [6.07, 6.45) is 0. The minimum atomic E-state index is -0.415. The number of urea groups is 1. The van der Waals surface area contributed by atoms with E-state index in [-0.39, 0.29) is 11.8 Å². The highest BCUT2D eigenvalue weighted by Crippen LogP contribution is 2.30. The van der Waals surface area contributed by atoms with E-state index in [1.54, 1.807) is 21.1 Å². The first-order chi connectivity index (χ1) is 9.45. The Morgan fingerprint density at radius 3 is 2.40 bits per heavy atom. The standard InChI is InChI=1S/C15H18N2O3/c1-9-13(10(2)18)14(16-15(19)17(9)3)11-5-7-12(20-4)8-6-11/h5-8,14H,1-4H3,(H,16,19)/t14-/m0/s1. The van der Waals surface area contributed by atoms with E-state index in [2.05, 4.69) is 5.32 Å². The fourth-order valence-corrected chi connectivity index (χ4v) is 2.34. The van der Waals surface area contributed by atoms with Crippen molar-refractivity contribution in [1.82, 2.24) is 10.2 Å². The van der Waals surface area contributed by atoms with Gasteiger partial charge in [0.2, 0.25) is 0 Å². The third-order valence-electron chi connectivity index (χ3n) is 3.58. The van der Waals surface area contributed by atoms with Crippen LogP contribution in [0, 0.1) is 0 Å². The molecule has 106 valence electrons. The molecule has 5 heteroatoms. The smallest absolute Gasteiger partial charge is 0.322 e. The zero-order valence-electron chi connectivity index (χ0n) is 12.1. The molecule has 0 saturated carbocycles. The van der Waals surface area contributed by atoms with Crippen molar-refractivity contribution in [3.63, 3.8) is 0 Å². The number of carbonyl (C=O) groups is 2. The van der Waals surface area contributed by atoms with Gasteiger partial charge in [0.05, 0.1) is 13.2 Å². The van der Waals surface area contributed by atoms with Crippen LogP contribution in [0.25, 0.3) is 0 Å². The number of ketones is 1. The number of allylic oxidation sites excluding steroid dienone is 1. The molecular weight excluding hydrogens is 256 g/mol. The first-order valence-electron chi connectivity index (χ1n) is 6.35. The van der Waals surface area contributed by atoms with Gasteiger partial charge in [0.15, 0.2) is 5.78 Å². The van der Waals surface area contributed by atoms with Crippen molar-refractivity contribution < 1.29 is 14.3 Å². The fraction of sp³-hybridized carbons (Fsp3) is 0.333. The van der Waals surface area contributed by atoms with Crippen LogP contribution in [-0.4, -0.2) is 30.9 Å². The van der Waals surface area contributed by atoms with Gasteiger partial charge < -0.3 is 15.0 Å². The summed E-state index contributed by atoms with van der Waals surface area (Å²) in [4.78, 5) is 25.3. The maximum atomic E-state index is 11.9. The Hall–Kier alpha value is -2.30. The minimum Gasteiger partial charge on any atom is -0.497 e. The zero-order valence-corrected chi connectivity index (χ0v) is 12.1. The van der Waals surface area contributed by atoms with Crippen LogP contribution < -0.4 is 10.1 Å². The average molecular weight is 274 g/mol. The molecule has 0 aliphatic carbocycles. The average Bonchev–Trinajstić information content (AvgIpc) is 2.44. The minimum absolute atomic E-state index is 0.0461. The summed E-state index contributed by atoms with van der Waals surface area (Å²) in [5.74, 6) is 0.688. The second kappa shape index (κ2) is 5.36. The van der Waals surface area contributed by atoms with E-state index in [0.717, 1.165) is 11.3 Å². The quantitative estimate of drug-likeness (QED) is 0.919. The Morgan fingerprint density at radius 2 is 1.90 bits per heavy atom. The highest BCUT2D eigenvalue weighted by atomic mass is 16.5. The summed E-state index contributed by atoms with van der Waals surface area (Å²) in [6, 6.07) is 6.70. The molecule has 1 N–H and O–H groups in total. The number of nitrogens with one attached hydrogen (secondary N) is 1. The van der Waals surface area contributed by atoms with Crippen molar-refractivity contribution in [2.45, 2.75) is 19.9 Å². The number of rotatable bonds is 3. The van der Waals surface area contributed by atoms with Crippen LogP contribution in [0.4, 0.5) is 4.79 Å². The number of carbonyl (C=O) groups excluding carboxylic acids is 2. The van der Waals surface area contributed by atoms with Gasteiger partial charge in [-0.1, -0.05) is 12.1 Å². The molecule has 1 heterocycles. The predicted octanol–water partition coefficient (Wildman–Crippen LogP) is 2.25. The molecule has 2 rings (SSSR count). The molecule has 20 heavy (non-hydrogen) atoms. The van der Waals surface area contributed by atoms with Gasteiger partial charge in [-0.2, -0.15) is 0 Å². The number of methoxy groups -OCH3 is 1. The third-order valence-corrected chi connectivity index (χ3v) is 3.58. The number of nitrogens with zero attached hydrogens (tertiary/aromatic N) is 1. The molecule has 0 saturated heterocycles. The van der Waals surface area contributed by atoms with E-state index < -0.39 is 6.04 Å². The zero-order chi connectivity index (χ0) is 14.9. The van der Waals surface area contributed by atoms with Gasteiger partial charge in [-0.25, -0.2) is 4.79 Å². The van der Waals surface area contributed by atoms with Crippen molar-refractivity contribution in [3.05, 3.63) is 41.1 Å². The predicted molar refractivity (Wildman–Crippen MR) is 75.4 cm³/mol. The van der Waals surface area contributed by atoms with Crippen LogP contribution in [0.5, 0.6) is 5.75 Å². The van der Waals surface area contributed by atoms with Gasteiger partial charge in [-0.15, -0.1) is 0 Å². The van der Waals surface area contributed by atoms with Crippen LogP contribution in [0.1, 0.15) is 25.5 Å². The third kappa shape index (κ3) is 2.39. The first-order valence-corrected chi connectivity index (χ1v) is 6.35. The maximum absolute atomic E-state index is 11.9. The van der Waals surface area contributed by atoms with E-state index >= 15 is 0 Å². The van der Waals surface area contributed by atoms with Gasteiger partial charge in [-0.3, -0.25) is 4.79 Å². The monoisotopic (exact) mass is 274 g/mol. The lowest BCUT2D eigenvalue weighted by molar-refractivity contribution is -0.114. The van der Waals surface area contributed by atoms with Crippen molar-refractivity contribution in [3.8, 4) is 5.75 Å². The SMILES string of the molecule is COc1ccc([C@@H]2NC(=O)N(C)C(C)=C2C(C)=O)cc1. The molecule has 1 aliphatic heterocycles. The molecule has 1 aromatic rings. The van der Waals surface area contributed by atoms with E-state index in [9.17, 15) is 9.59 Å². The number of benzene rings is 1. The number of hydrogen-bond donors (Lipinski definition) is 1. The molecule has 0 radical (unpaired) electrons. The lowest BCUT2D eigenvalue weighted by atomic mass is 9.92. The Balaban J connectivity index is 2.47. The second-order valence-corrected chi connectivity index (χ2v) is 4.77. The van der Waals surface area contributed by atoms with E-state index in [4.69, 9.17) is 4.74 Å². The Labute approximate surface area is 118 Å². The normalized spacial score (nSPS) is 18.9. The topological polar surface area (TPSA) is 58.6 Å². The Kier molecular flexibility index (Phi) is 3.79. The van der Waals surface area contributed by atoms with Gasteiger partial charge >= 0.3 is 6.03 Å². The van der Waals surface area contributed by atoms with Gasteiger partial charge in [0.1, 0.15) is 5.75 Å². The largest absolute Gasteiger partial charge is 0.497 e. The molecule has 0 aromatic heterocycles. The van der Waals surface area contributed by atoms with Gasteiger partial charge in [-0.05, 0) is 31.5 Å². The van der Waals surface area contributed by atoms with E-state index in [1.165, 1.54) is 11.8 Å². The van der Waals surface area contributed by atoms with E-state index in [1.807, 2.05) is 24.3 Å². The molecule has 0 fully saturated rings. The molecule has 0 unspecified atom stereocenters. The molecule has 0 bridgehead atoms. The lowest BCUT2D eigenvalue weighted by Gasteiger charge is -2.33. The number of hydrogen-bond acceptors (Lipinski definition) is 3. The summed E-state index contributed by atoms with van der Waals surface area (Å²) in [6.45, 7) is 3.30. The van der Waals surface area contributed by atoms with Crippen LogP contribution in [0.15, 0.2) is 35.5 Å². The maximum Gasteiger partial charge on any atom is 0.322 e. The van der Waals surface area contributed by atoms with Crippen molar-refractivity contribution in [2.75, 3.05) is 14.2 Å². The summed E-state index contributed by atoms with van der Waals surface area (Å²) >= 11 is 0. The molecule has 2 amide bonds. The summed E-state index contributed by atoms with van der Waals surface area (Å²) < 4.78 is 5.12. The Bertz CT molecular complexity index is 575. The van der Waals surface area contributed by atoms with Gasteiger partial charge in [0, 0.05) is 18.3 Å².